The third kappa shape index (κ3) is 2.52. The molecule has 2 heterocycles. The molecular formula is C11H18N2O3. The van der Waals surface area contributed by atoms with Crippen molar-refractivity contribution < 1.29 is 14.3 Å². The lowest BCUT2D eigenvalue weighted by Gasteiger charge is -2.34. The predicted molar refractivity (Wildman–Crippen MR) is 58.2 cm³/mol. The average Bonchev–Trinajstić information content (AvgIpc) is 2.64. The van der Waals surface area contributed by atoms with Gasteiger partial charge in [0, 0.05) is 6.54 Å². The van der Waals surface area contributed by atoms with Gasteiger partial charge in [-0.2, -0.15) is 0 Å². The van der Waals surface area contributed by atoms with E-state index in [0.29, 0.717) is 13.1 Å². The molecule has 0 aromatic heterocycles. The van der Waals surface area contributed by atoms with Crippen molar-refractivity contribution in [2.45, 2.75) is 38.3 Å². The van der Waals surface area contributed by atoms with E-state index in [1.165, 1.54) is 0 Å². The summed E-state index contributed by atoms with van der Waals surface area (Å²) in [6.45, 7) is 3.79. The van der Waals surface area contributed by atoms with Crippen molar-refractivity contribution in [1.29, 1.82) is 0 Å². The number of amides is 1. The molecule has 0 spiro atoms. The maximum Gasteiger partial charge on any atom is 0.407 e. The topological polar surface area (TPSA) is 58.6 Å². The summed E-state index contributed by atoms with van der Waals surface area (Å²) in [5.74, 6) is 0.219. The van der Waals surface area contributed by atoms with Gasteiger partial charge in [0.1, 0.15) is 11.9 Å². The van der Waals surface area contributed by atoms with Gasteiger partial charge < -0.3 is 10.1 Å². The SMILES string of the molecule is CC(=O)C1CCCCN1CC1CNC(=O)O1. The number of nitrogens with one attached hydrogen (secondary N) is 1. The van der Waals surface area contributed by atoms with Crippen LogP contribution in [0.4, 0.5) is 4.79 Å². The molecule has 90 valence electrons. The molecule has 2 aliphatic rings. The van der Waals surface area contributed by atoms with Crippen LogP contribution in [-0.2, 0) is 9.53 Å². The van der Waals surface area contributed by atoms with E-state index in [9.17, 15) is 9.59 Å². The fraction of sp³-hybridized carbons (Fsp3) is 0.818. The Hall–Kier alpha value is -1.10. The number of rotatable bonds is 3. The number of carbonyl (C=O) groups excluding carboxylic acids is 2. The minimum Gasteiger partial charge on any atom is -0.443 e. The van der Waals surface area contributed by atoms with Gasteiger partial charge in [-0.3, -0.25) is 9.69 Å². The summed E-state index contributed by atoms with van der Waals surface area (Å²) in [4.78, 5) is 24.5. The second-order valence-electron chi connectivity index (χ2n) is 4.53. The number of alkyl carbamates (subject to hydrolysis) is 1. The molecule has 1 N–H and O–H groups in total. The largest absolute Gasteiger partial charge is 0.443 e. The molecule has 0 radical (unpaired) electrons. The highest BCUT2D eigenvalue weighted by molar-refractivity contribution is 5.81. The van der Waals surface area contributed by atoms with Crippen LogP contribution in [0.3, 0.4) is 0 Å². The maximum absolute atomic E-state index is 11.5. The lowest BCUT2D eigenvalue weighted by molar-refractivity contribution is -0.123. The standard InChI is InChI=1S/C11H18N2O3/c1-8(14)10-4-2-3-5-13(10)7-9-6-12-11(15)16-9/h9-10H,2-7H2,1H3,(H,12,15). The second kappa shape index (κ2) is 4.82. The first-order valence-corrected chi connectivity index (χ1v) is 5.86. The van der Waals surface area contributed by atoms with Crippen LogP contribution in [0.1, 0.15) is 26.2 Å². The highest BCUT2D eigenvalue weighted by atomic mass is 16.6. The van der Waals surface area contributed by atoms with Gasteiger partial charge in [0.15, 0.2) is 0 Å². The number of likely N-dealkylation sites (tertiary alicyclic amines) is 1. The molecular weight excluding hydrogens is 208 g/mol. The van der Waals surface area contributed by atoms with Gasteiger partial charge in [-0.05, 0) is 26.3 Å². The lowest BCUT2D eigenvalue weighted by Crippen LogP contribution is -2.47. The van der Waals surface area contributed by atoms with Crippen LogP contribution < -0.4 is 5.32 Å². The predicted octanol–water partition coefficient (Wildman–Crippen LogP) is 0.538. The highest BCUT2D eigenvalue weighted by Gasteiger charge is 2.31. The number of ketones is 1. The Balaban J connectivity index is 1.91. The normalized spacial score (nSPS) is 30.9. The third-order valence-electron chi connectivity index (χ3n) is 3.27. The molecule has 2 unspecified atom stereocenters. The Morgan fingerprint density at radius 2 is 2.38 bits per heavy atom. The summed E-state index contributed by atoms with van der Waals surface area (Å²) in [7, 11) is 0. The van der Waals surface area contributed by atoms with E-state index in [-0.39, 0.29) is 24.0 Å². The summed E-state index contributed by atoms with van der Waals surface area (Å²) in [6, 6.07) is 0.0213. The quantitative estimate of drug-likeness (QED) is 0.763. The van der Waals surface area contributed by atoms with Gasteiger partial charge in [0.25, 0.3) is 0 Å². The van der Waals surface area contributed by atoms with Crippen molar-refractivity contribution in [3.8, 4) is 0 Å². The fourth-order valence-corrected chi connectivity index (χ4v) is 2.47. The van der Waals surface area contributed by atoms with E-state index in [1.807, 2.05) is 0 Å². The molecule has 0 aromatic rings. The maximum atomic E-state index is 11.5. The molecule has 0 saturated carbocycles. The number of hydrogen-bond acceptors (Lipinski definition) is 4. The molecule has 2 aliphatic heterocycles. The molecule has 5 heteroatoms. The Kier molecular flexibility index (Phi) is 3.43. The monoisotopic (exact) mass is 226 g/mol. The summed E-state index contributed by atoms with van der Waals surface area (Å²) in [5, 5.41) is 2.63. The number of hydrogen-bond donors (Lipinski definition) is 1. The molecule has 0 bridgehead atoms. The van der Waals surface area contributed by atoms with Crippen LogP contribution in [0.5, 0.6) is 0 Å². The van der Waals surface area contributed by atoms with Gasteiger partial charge in [0.05, 0.1) is 12.6 Å². The smallest absolute Gasteiger partial charge is 0.407 e. The summed E-state index contributed by atoms with van der Waals surface area (Å²) in [6.07, 6.45) is 2.72. The Morgan fingerprint density at radius 1 is 1.56 bits per heavy atom. The van der Waals surface area contributed by atoms with E-state index in [4.69, 9.17) is 4.74 Å². The first-order valence-electron chi connectivity index (χ1n) is 5.86. The van der Waals surface area contributed by atoms with Crippen molar-refractivity contribution >= 4 is 11.9 Å². The van der Waals surface area contributed by atoms with Crippen LogP contribution in [0, 0.1) is 0 Å². The number of ether oxygens (including phenoxy) is 1. The van der Waals surface area contributed by atoms with Crippen molar-refractivity contribution in [1.82, 2.24) is 10.2 Å². The van der Waals surface area contributed by atoms with Crippen molar-refractivity contribution in [2.75, 3.05) is 19.6 Å². The van der Waals surface area contributed by atoms with Gasteiger partial charge >= 0.3 is 6.09 Å². The van der Waals surface area contributed by atoms with Crippen molar-refractivity contribution in [2.24, 2.45) is 0 Å². The van der Waals surface area contributed by atoms with E-state index in [1.54, 1.807) is 6.92 Å². The number of cyclic esters (lactones) is 1. The zero-order chi connectivity index (χ0) is 11.5. The van der Waals surface area contributed by atoms with Crippen LogP contribution in [0.25, 0.3) is 0 Å². The first kappa shape index (κ1) is 11.4. The van der Waals surface area contributed by atoms with Gasteiger partial charge in [-0.25, -0.2) is 4.79 Å². The molecule has 2 saturated heterocycles. The first-order chi connectivity index (χ1) is 7.66. The molecule has 0 aromatic carbocycles. The summed E-state index contributed by atoms with van der Waals surface area (Å²) >= 11 is 0. The zero-order valence-corrected chi connectivity index (χ0v) is 9.57. The molecule has 2 rings (SSSR count). The molecule has 2 fully saturated rings. The Labute approximate surface area is 95.1 Å². The van der Waals surface area contributed by atoms with E-state index in [2.05, 4.69) is 10.2 Å². The van der Waals surface area contributed by atoms with E-state index < -0.39 is 0 Å². The Bertz CT molecular complexity index is 293. The van der Waals surface area contributed by atoms with Gasteiger partial charge in [-0.1, -0.05) is 6.42 Å². The third-order valence-corrected chi connectivity index (χ3v) is 3.27. The van der Waals surface area contributed by atoms with Crippen molar-refractivity contribution in [3.05, 3.63) is 0 Å². The number of carbonyl (C=O) groups is 2. The second-order valence-corrected chi connectivity index (χ2v) is 4.53. The van der Waals surface area contributed by atoms with Crippen LogP contribution in [0.2, 0.25) is 0 Å². The van der Waals surface area contributed by atoms with Crippen LogP contribution in [0.15, 0.2) is 0 Å². The van der Waals surface area contributed by atoms with Gasteiger partial charge in [-0.15, -0.1) is 0 Å². The van der Waals surface area contributed by atoms with Gasteiger partial charge in [0.2, 0.25) is 0 Å². The minimum absolute atomic E-state index is 0.0213. The Morgan fingerprint density at radius 3 is 3.00 bits per heavy atom. The summed E-state index contributed by atoms with van der Waals surface area (Å²) < 4.78 is 5.09. The molecule has 5 nitrogen and oxygen atoms in total. The molecule has 16 heavy (non-hydrogen) atoms. The fourth-order valence-electron chi connectivity index (χ4n) is 2.47. The minimum atomic E-state index is -0.346. The zero-order valence-electron chi connectivity index (χ0n) is 9.57. The van der Waals surface area contributed by atoms with Crippen molar-refractivity contribution in [3.63, 3.8) is 0 Å². The average molecular weight is 226 g/mol. The van der Waals surface area contributed by atoms with Crippen LogP contribution in [-0.4, -0.2) is 48.6 Å². The van der Waals surface area contributed by atoms with E-state index in [0.717, 1.165) is 25.8 Å². The molecule has 2 atom stereocenters. The lowest BCUT2D eigenvalue weighted by atomic mass is 9.99. The highest BCUT2D eigenvalue weighted by Crippen LogP contribution is 2.19. The number of nitrogens with zero attached hydrogens (tertiary/aromatic N) is 1. The number of Topliss-reactive ketones (excluding diaryl/α,β-unsaturated/α-hetero) is 1. The number of piperidine rings is 1. The van der Waals surface area contributed by atoms with Crippen LogP contribution >= 0.6 is 0 Å². The molecule has 1 amide bonds. The summed E-state index contributed by atoms with van der Waals surface area (Å²) in [5.41, 5.74) is 0. The molecule has 0 aliphatic carbocycles. The van der Waals surface area contributed by atoms with E-state index >= 15 is 0 Å².